The number of rotatable bonds is 5. The second-order valence-electron chi connectivity index (χ2n) is 4.96. The summed E-state index contributed by atoms with van der Waals surface area (Å²) in [6.45, 7) is 4.15. The lowest BCUT2D eigenvalue weighted by Gasteiger charge is -2.16. The highest BCUT2D eigenvalue weighted by Crippen LogP contribution is 2.24. The van der Waals surface area contributed by atoms with Gasteiger partial charge in [0, 0.05) is 6.42 Å². The highest BCUT2D eigenvalue weighted by Gasteiger charge is 2.11. The van der Waals surface area contributed by atoms with E-state index in [1.54, 1.807) is 0 Å². The van der Waals surface area contributed by atoms with Crippen molar-refractivity contribution >= 4 is 16.7 Å². The van der Waals surface area contributed by atoms with Gasteiger partial charge in [-0.15, -0.1) is 0 Å². The van der Waals surface area contributed by atoms with Gasteiger partial charge in [-0.3, -0.25) is 4.79 Å². The summed E-state index contributed by atoms with van der Waals surface area (Å²) in [5.74, 6) is 0.141. The van der Waals surface area contributed by atoms with Gasteiger partial charge in [-0.05, 0) is 29.7 Å². The van der Waals surface area contributed by atoms with Crippen LogP contribution in [0.25, 0.3) is 10.8 Å². The number of carbonyl (C=O) groups excluding carboxylic acids is 1. The molecular weight excluding hydrogens is 234 g/mol. The predicted octanol–water partition coefficient (Wildman–Crippen LogP) is 4.21. The number of amides is 1. The molecule has 2 aromatic carbocycles. The molecule has 0 saturated carbocycles. The van der Waals surface area contributed by atoms with Crippen molar-refractivity contribution in [2.45, 2.75) is 39.2 Å². The molecule has 0 aliphatic heterocycles. The second kappa shape index (κ2) is 6.37. The van der Waals surface area contributed by atoms with Crippen LogP contribution >= 0.6 is 0 Å². The van der Waals surface area contributed by atoms with Crippen LogP contribution in [0.2, 0.25) is 0 Å². The minimum Gasteiger partial charge on any atom is -0.350 e. The zero-order chi connectivity index (χ0) is 13.7. The van der Waals surface area contributed by atoms with Gasteiger partial charge in [-0.25, -0.2) is 0 Å². The van der Waals surface area contributed by atoms with Crippen LogP contribution < -0.4 is 5.32 Å². The Kier molecular flexibility index (Phi) is 4.56. The summed E-state index contributed by atoms with van der Waals surface area (Å²) in [4.78, 5) is 11.8. The van der Waals surface area contributed by atoms with Gasteiger partial charge < -0.3 is 5.32 Å². The van der Waals surface area contributed by atoms with Crippen molar-refractivity contribution in [2.75, 3.05) is 0 Å². The average molecular weight is 255 g/mol. The van der Waals surface area contributed by atoms with Crippen molar-refractivity contribution in [1.29, 1.82) is 0 Å². The summed E-state index contributed by atoms with van der Waals surface area (Å²) >= 11 is 0. The fraction of sp³-hybridized carbons (Fsp3) is 0.353. The molecule has 0 aliphatic carbocycles. The van der Waals surface area contributed by atoms with Crippen molar-refractivity contribution in [3.05, 3.63) is 48.0 Å². The van der Waals surface area contributed by atoms with Gasteiger partial charge in [0.1, 0.15) is 0 Å². The van der Waals surface area contributed by atoms with Crippen LogP contribution in [0.5, 0.6) is 0 Å². The first kappa shape index (κ1) is 13.6. The van der Waals surface area contributed by atoms with Crippen LogP contribution in [0.3, 0.4) is 0 Å². The lowest BCUT2D eigenvalue weighted by atomic mass is 9.99. The van der Waals surface area contributed by atoms with E-state index in [2.05, 4.69) is 36.5 Å². The number of fused-ring (bicyclic) bond motifs is 1. The van der Waals surface area contributed by atoms with Crippen LogP contribution in [0, 0.1) is 0 Å². The maximum absolute atomic E-state index is 11.8. The van der Waals surface area contributed by atoms with E-state index in [0.29, 0.717) is 6.42 Å². The smallest absolute Gasteiger partial charge is 0.220 e. The van der Waals surface area contributed by atoms with E-state index in [1.807, 2.05) is 25.1 Å². The Bertz CT molecular complexity index is 557. The molecule has 2 heteroatoms. The molecular formula is C17H21NO. The van der Waals surface area contributed by atoms with Gasteiger partial charge in [0.15, 0.2) is 0 Å². The number of nitrogens with one attached hydrogen (secondary N) is 1. The Labute approximate surface area is 114 Å². The van der Waals surface area contributed by atoms with E-state index in [0.717, 1.165) is 12.8 Å². The molecule has 1 N–H and O–H groups in total. The second-order valence-corrected chi connectivity index (χ2v) is 4.96. The molecule has 100 valence electrons. The molecule has 0 bridgehead atoms. The monoisotopic (exact) mass is 255 g/mol. The summed E-state index contributed by atoms with van der Waals surface area (Å²) in [5.41, 5.74) is 1.18. The highest BCUT2D eigenvalue weighted by molar-refractivity contribution is 5.86. The molecule has 2 nitrogen and oxygen atoms in total. The Morgan fingerprint density at radius 2 is 1.89 bits per heavy atom. The fourth-order valence-electron chi connectivity index (χ4n) is 2.36. The van der Waals surface area contributed by atoms with E-state index in [-0.39, 0.29) is 11.9 Å². The quantitative estimate of drug-likeness (QED) is 0.852. The van der Waals surface area contributed by atoms with E-state index < -0.39 is 0 Å². The van der Waals surface area contributed by atoms with Crippen LogP contribution in [-0.2, 0) is 4.79 Å². The van der Waals surface area contributed by atoms with Crippen LogP contribution in [0.1, 0.15) is 44.7 Å². The molecule has 0 unspecified atom stereocenters. The molecule has 0 aromatic heterocycles. The number of carbonyl (C=O) groups is 1. The first-order valence-electron chi connectivity index (χ1n) is 6.99. The van der Waals surface area contributed by atoms with E-state index in [1.165, 1.54) is 16.3 Å². The van der Waals surface area contributed by atoms with Gasteiger partial charge >= 0.3 is 0 Å². The Hall–Kier alpha value is -1.83. The molecule has 0 radical (unpaired) electrons. The third-order valence-electron chi connectivity index (χ3n) is 3.42. The number of hydrogen-bond donors (Lipinski definition) is 1. The molecule has 0 fully saturated rings. The van der Waals surface area contributed by atoms with Gasteiger partial charge in [0.2, 0.25) is 5.91 Å². The van der Waals surface area contributed by atoms with E-state index in [4.69, 9.17) is 0 Å². The van der Waals surface area contributed by atoms with Crippen LogP contribution in [0.4, 0.5) is 0 Å². The average Bonchev–Trinajstić information content (AvgIpc) is 2.44. The lowest BCUT2D eigenvalue weighted by molar-refractivity contribution is -0.121. The molecule has 0 spiro atoms. The minimum absolute atomic E-state index is 0.0513. The lowest BCUT2D eigenvalue weighted by Crippen LogP contribution is -2.26. The molecule has 1 atom stereocenters. The summed E-state index contributed by atoms with van der Waals surface area (Å²) < 4.78 is 0. The Balaban J connectivity index is 2.17. The first-order valence-corrected chi connectivity index (χ1v) is 6.99. The molecule has 1 amide bonds. The van der Waals surface area contributed by atoms with Gasteiger partial charge in [-0.2, -0.15) is 0 Å². The van der Waals surface area contributed by atoms with Gasteiger partial charge in [0.05, 0.1) is 6.04 Å². The van der Waals surface area contributed by atoms with Gasteiger partial charge in [-0.1, -0.05) is 55.8 Å². The van der Waals surface area contributed by atoms with E-state index in [9.17, 15) is 4.79 Å². The molecule has 2 rings (SSSR count). The molecule has 0 saturated heterocycles. The normalized spacial score (nSPS) is 12.3. The van der Waals surface area contributed by atoms with Crippen molar-refractivity contribution < 1.29 is 4.79 Å². The Morgan fingerprint density at radius 3 is 2.68 bits per heavy atom. The fourth-order valence-corrected chi connectivity index (χ4v) is 2.36. The number of hydrogen-bond acceptors (Lipinski definition) is 1. The van der Waals surface area contributed by atoms with Gasteiger partial charge in [0.25, 0.3) is 0 Å². The first-order chi connectivity index (χ1) is 9.22. The SMILES string of the molecule is CCCCC(=O)N[C@@H](C)c1cccc2ccccc12. The predicted molar refractivity (Wildman–Crippen MR) is 80.0 cm³/mol. The van der Waals surface area contributed by atoms with Crippen molar-refractivity contribution in [2.24, 2.45) is 0 Å². The summed E-state index contributed by atoms with van der Waals surface area (Å²) in [6, 6.07) is 14.6. The maximum atomic E-state index is 11.8. The van der Waals surface area contributed by atoms with E-state index >= 15 is 0 Å². The third-order valence-corrected chi connectivity index (χ3v) is 3.42. The maximum Gasteiger partial charge on any atom is 0.220 e. The summed E-state index contributed by atoms with van der Waals surface area (Å²) in [5, 5.41) is 5.52. The molecule has 19 heavy (non-hydrogen) atoms. The molecule has 2 aromatic rings. The van der Waals surface area contributed by atoms with Crippen LogP contribution in [0.15, 0.2) is 42.5 Å². The highest BCUT2D eigenvalue weighted by atomic mass is 16.1. The van der Waals surface area contributed by atoms with Crippen molar-refractivity contribution in [1.82, 2.24) is 5.32 Å². The third kappa shape index (κ3) is 3.34. The summed E-state index contributed by atoms with van der Waals surface area (Å²) in [7, 11) is 0. The molecule has 0 heterocycles. The molecule has 0 aliphatic rings. The minimum atomic E-state index is 0.0513. The Morgan fingerprint density at radius 1 is 1.16 bits per heavy atom. The number of unbranched alkanes of at least 4 members (excludes halogenated alkanes) is 1. The topological polar surface area (TPSA) is 29.1 Å². The zero-order valence-electron chi connectivity index (χ0n) is 11.6. The standard InChI is InChI=1S/C17H21NO/c1-3-4-12-17(19)18-13(2)15-11-7-9-14-8-5-6-10-16(14)15/h5-11,13H,3-4,12H2,1-2H3,(H,18,19)/t13-/m0/s1. The number of benzene rings is 2. The summed E-state index contributed by atoms with van der Waals surface area (Å²) in [6.07, 6.45) is 2.62. The zero-order valence-corrected chi connectivity index (χ0v) is 11.6. The van der Waals surface area contributed by atoms with Crippen LogP contribution in [-0.4, -0.2) is 5.91 Å². The largest absolute Gasteiger partial charge is 0.350 e. The van der Waals surface area contributed by atoms with Crippen molar-refractivity contribution in [3.63, 3.8) is 0 Å². The van der Waals surface area contributed by atoms with Crippen molar-refractivity contribution in [3.8, 4) is 0 Å².